The number of alkyl halides is 2. The van der Waals surface area contributed by atoms with Crippen molar-refractivity contribution in [2.45, 2.75) is 69.0 Å². The van der Waals surface area contributed by atoms with E-state index >= 15 is 0 Å². The summed E-state index contributed by atoms with van der Waals surface area (Å²) in [6, 6.07) is 0. The molecule has 2 N–H and O–H groups in total. The van der Waals surface area contributed by atoms with Crippen LogP contribution in [0.3, 0.4) is 0 Å². The van der Waals surface area contributed by atoms with Crippen molar-refractivity contribution in [3.05, 3.63) is 0 Å². The molecule has 0 atom stereocenters. The molecular weight excluding hydrogens is 378 g/mol. The molecule has 2 fully saturated rings. The van der Waals surface area contributed by atoms with Crippen LogP contribution in [0, 0.1) is 5.92 Å². The van der Waals surface area contributed by atoms with E-state index in [1.165, 1.54) is 9.79 Å². The van der Waals surface area contributed by atoms with E-state index in [-0.39, 0.29) is 50.7 Å². The molecule has 0 unspecified atom stereocenters. The normalized spacial score (nSPS) is 22.4. The van der Waals surface area contributed by atoms with Gasteiger partial charge in [-0.15, -0.1) is 12.4 Å². The van der Waals surface area contributed by atoms with Crippen LogP contribution in [-0.4, -0.2) is 47.6 Å². The van der Waals surface area contributed by atoms with E-state index in [1.807, 2.05) is 0 Å². The predicted molar refractivity (Wildman–Crippen MR) is 91.4 cm³/mol. The lowest BCUT2D eigenvalue weighted by atomic mass is 9.92. The number of piperidine rings is 1. The Morgan fingerprint density at radius 1 is 1.28 bits per heavy atom. The second-order valence-electron chi connectivity index (χ2n) is 7.10. The molecule has 0 aromatic carbocycles. The summed E-state index contributed by atoms with van der Waals surface area (Å²) in [6.45, 7) is 1.37. The first kappa shape index (κ1) is 22.5. The molecule has 0 aromatic heterocycles. The molecule has 10 heteroatoms. The zero-order valence-electron chi connectivity index (χ0n) is 14.3. The molecule has 0 spiro atoms. The van der Waals surface area contributed by atoms with Gasteiger partial charge in [-0.05, 0) is 44.9 Å². The minimum absolute atomic E-state index is 0. The Kier molecular flexibility index (Phi) is 7.62. The average Bonchev–Trinajstić information content (AvgIpc) is 3.03. The van der Waals surface area contributed by atoms with E-state index in [4.69, 9.17) is 5.21 Å². The number of carbonyl (C=O) groups is 1. The predicted octanol–water partition coefficient (Wildman–Crippen LogP) is 2.70. The highest BCUT2D eigenvalue weighted by Gasteiger charge is 2.55. The van der Waals surface area contributed by atoms with Gasteiger partial charge in [0.1, 0.15) is 0 Å². The van der Waals surface area contributed by atoms with Crippen molar-refractivity contribution in [2.75, 3.05) is 13.1 Å². The lowest BCUT2D eigenvalue weighted by molar-refractivity contribution is -0.131. The minimum atomic E-state index is -3.89. The number of nitrogens with zero attached hydrogens (tertiary/aromatic N) is 1. The van der Waals surface area contributed by atoms with Crippen molar-refractivity contribution in [1.82, 2.24) is 9.79 Å². The number of halogens is 3. The lowest BCUT2D eigenvalue weighted by Crippen LogP contribution is -2.56. The second kappa shape index (κ2) is 8.45. The first-order chi connectivity index (χ1) is 11.1. The number of amides is 1. The number of hydrogen-bond donors (Lipinski definition) is 2. The van der Waals surface area contributed by atoms with E-state index < -0.39 is 26.6 Å². The van der Waals surface area contributed by atoms with Crippen LogP contribution >= 0.6 is 12.4 Å². The fraction of sp³-hybridized carbons (Fsp3) is 0.933. The monoisotopic (exact) mass is 404 g/mol. The van der Waals surface area contributed by atoms with Crippen molar-refractivity contribution >= 4 is 28.3 Å². The number of hydroxylamine groups is 1. The van der Waals surface area contributed by atoms with Crippen molar-refractivity contribution in [1.29, 1.82) is 0 Å². The van der Waals surface area contributed by atoms with Gasteiger partial charge in [0.2, 0.25) is 15.9 Å². The van der Waals surface area contributed by atoms with Gasteiger partial charge in [0, 0.05) is 19.5 Å². The summed E-state index contributed by atoms with van der Waals surface area (Å²) >= 11 is 0. The number of hydrogen-bond acceptors (Lipinski definition) is 4. The maximum absolute atomic E-state index is 13.0. The van der Waals surface area contributed by atoms with Gasteiger partial charge >= 0.3 is 0 Å². The molecule has 0 radical (unpaired) electrons. The van der Waals surface area contributed by atoms with Gasteiger partial charge in [0.05, 0.1) is 0 Å². The van der Waals surface area contributed by atoms with Crippen LogP contribution in [0.25, 0.3) is 0 Å². The maximum atomic E-state index is 13.0. The number of nitrogens with one attached hydrogen (secondary N) is 1. The Morgan fingerprint density at radius 2 is 1.80 bits per heavy atom. The van der Waals surface area contributed by atoms with Gasteiger partial charge in [0.25, 0.3) is 5.91 Å². The highest BCUT2D eigenvalue weighted by molar-refractivity contribution is 7.91. The lowest BCUT2D eigenvalue weighted by Gasteiger charge is -2.37. The molecule has 1 saturated heterocycles. The van der Waals surface area contributed by atoms with Crippen LogP contribution in [0.15, 0.2) is 0 Å². The van der Waals surface area contributed by atoms with Gasteiger partial charge in [-0.1, -0.05) is 12.8 Å². The molecule has 1 amide bonds. The van der Waals surface area contributed by atoms with Crippen molar-refractivity contribution in [3.63, 3.8) is 0 Å². The average molecular weight is 405 g/mol. The van der Waals surface area contributed by atoms with E-state index in [1.54, 1.807) is 0 Å². The zero-order chi connectivity index (χ0) is 18.0. The molecule has 2 rings (SSSR count). The van der Waals surface area contributed by atoms with E-state index in [0.29, 0.717) is 32.1 Å². The third-order valence-electron chi connectivity index (χ3n) is 5.33. The molecule has 2 aliphatic rings. The van der Waals surface area contributed by atoms with Crippen LogP contribution in [0.5, 0.6) is 0 Å². The standard InChI is InChI=1S/C15H26F2N2O4S.ClH/c1-14(16,17)9-4-12-5-10-19(11-6-12)24(22,23)15(13(20)18-21)7-2-3-8-15;/h12,21H,2-11H2,1H3,(H,18,20);1H. The van der Waals surface area contributed by atoms with Crippen molar-refractivity contribution in [3.8, 4) is 0 Å². The molecule has 1 heterocycles. The maximum Gasteiger partial charge on any atom is 0.266 e. The van der Waals surface area contributed by atoms with Crippen molar-refractivity contribution in [2.24, 2.45) is 5.92 Å². The molecule has 0 bridgehead atoms. The first-order valence-electron chi connectivity index (χ1n) is 8.44. The number of sulfonamides is 1. The molecule has 148 valence electrons. The second-order valence-corrected chi connectivity index (χ2v) is 9.35. The van der Waals surface area contributed by atoms with Crippen LogP contribution < -0.4 is 5.48 Å². The van der Waals surface area contributed by atoms with E-state index in [9.17, 15) is 22.0 Å². The Morgan fingerprint density at radius 3 is 2.24 bits per heavy atom. The Hall–Kier alpha value is -0.510. The summed E-state index contributed by atoms with van der Waals surface area (Å²) in [6.07, 6.45) is 2.86. The van der Waals surface area contributed by atoms with E-state index in [2.05, 4.69) is 0 Å². The van der Waals surface area contributed by atoms with Gasteiger partial charge in [0.15, 0.2) is 4.75 Å². The molecular formula is C15H27ClF2N2O4S. The third-order valence-corrected chi connectivity index (χ3v) is 7.95. The summed E-state index contributed by atoms with van der Waals surface area (Å²) in [5.74, 6) is -3.49. The third kappa shape index (κ3) is 4.81. The van der Waals surface area contributed by atoms with Gasteiger partial charge in [-0.2, -0.15) is 0 Å². The summed E-state index contributed by atoms with van der Waals surface area (Å²) in [7, 11) is -3.89. The smallest absolute Gasteiger partial charge is 0.266 e. The highest BCUT2D eigenvalue weighted by Crippen LogP contribution is 2.40. The van der Waals surface area contributed by atoms with Crippen LogP contribution in [0.2, 0.25) is 0 Å². The fourth-order valence-corrected chi connectivity index (χ4v) is 6.06. The Bertz CT molecular complexity index is 554. The van der Waals surface area contributed by atoms with Gasteiger partial charge < -0.3 is 0 Å². The molecule has 1 aliphatic heterocycles. The SMILES string of the molecule is CC(F)(F)CCC1CCN(S(=O)(=O)C2(C(=O)NO)CCCC2)CC1.Cl. The topological polar surface area (TPSA) is 86.7 Å². The first-order valence-corrected chi connectivity index (χ1v) is 9.88. The van der Waals surface area contributed by atoms with Gasteiger partial charge in [-0.3, -0.25) is 10.0 Å². The van der Waals surface area contributed by atoms with Crippen LogP contribution in [0.1, 0.15) is 58.3 Å². The largest absolute Gasteiger partial charge is 0.289 e. The fourth-order valence-electron chi connectivity index (χ4n) is 3.79. The quantitative estimate of drug-likeness (QED) is 0.526. The summed E-state index contributed by atoms with van der Waals surface area (Å²) in [5.41, 5.74) is 1.51. The highest BCUT2D eigenvalue weighted by atomic mass is 35.5. The van der Waals surface area contributed by atoms with Crippen LogP contribution in [0.4, 0.5) is 8.78 Å². The molecule has 0 aromatic rings. The van der Waals surface area contributed by atoms with Crippen LogP contribution in [-0.2, 0) is 14.8 Å². The zero-order valence-corrected chi connectivity index (χ0v) is 16.0. The summed E-state index contributed by atoms with van der Waals surface area (Å²) in [4.78, 5) is 12.1. The summed E-state index contributed by atoms with van der Waals surface area (Å²) in [5, 5.41) is 8.96. The minimum Gasteiger partial charge on any atom is -0.289 e. The molecule has 25 heavy (non-hydrogen) atoms. The molecule has 1 aliphatic carbocycles. The Labute approximate surface area is 153 Å². The van der Waals surface area contributed by atoms with Crippen molar-refractivity contribution < 1.29 is 27.2 Å². The molecule has 1 saturated carbocycles. The summed E-state index contributed by atoms with van der Waals surface area (Å²) < 4.78 is 51.5. The Balaban J connectivity index is 0.00000312. The number of carbonyl (C=O) groups excluding carboxylic acids is 1. The number of rotatable bonds is 6. The van der Waals surface area contributed by atoms with E-state index in [0.717, 1.165) is 6.92 Å². The molecule has 6 nitrogen and oxygen atoms in total. The van der Waals surface area contributed by atoms with Gasteiger partial charge in [-0.25, -0.2) is 27.0 Å².